The lowest BCUT2D eigenvalue weighted by Crippen LogP contribution is -1.97. The highest BCUT2D eigenvalue weighted by Crippen LogP contribution is 2.26. The highest BCUT2D eigenvalue weighted by atomic mass is 16.5. The van der Waals surface area contributed by atoms with E-state index < -0.39 is 0 Å². The van der Waals surface area contributed by atoms with Gasteiger partial charge in [-0.25, -0.2) is 15.0 Å². The van der Waals surface area contributed by atoms with E-state index in [0.29, 0.717) is 11.6 Å². The Labute approximate surface area is 149 Å². The van der Waals surface area contributed by atoms with Crippen molar-refractivity contribution >= 4 is 22.7 Å². The number of nitrogens with zero attached hydrogens (tertiary/aromatic N) is 4. The first-order valence-corrected chi connectivity index (χ1v) is 8.10. The molecule has 7 nitrogen and oxygen atoms in total. The molecule has 0 spiro atoms. The summed E-state index contributed by atoms with van der Waals surface area (Å²) in [7, 11) is 1.89. The average molecular weight is 347 g/mol. The van der Waals surface area contributed by atoms with E-state index in [1.807, 2.05) is 60.1 Å². The van der Waals surface area contributed by atoms with Crippen LogP contribution in [0.25, 0.3) is 11.2 Å². The Kier molecular flexibility index (Phi) is 4.20. The first-order chi connectivity index (χ1) is 12.7. The fourth-order valence-corrected chi connectivity index (χ4v) is 2.58. The molecule has 0 bridgehead atoms. The predicted molar refractivity (Wildman–Crippen MR) is 98.5 cm³/mol. The molecule has 2 aromatic carbocycles. The van der Waals surface area contributed by atoms with Gasteiger partial charge in [0.15, 0.2) is 17.0 Å². The quantitative estimate of drug-likeness (QED) is 0.576. The standard InChI is InChI=1S/C19H17N5O2/c1-24-12-22-17-18(20-11-21-19(17)24)23-14-4-8-16(9-5-14)26-15-6-2-13(10-25)3-7-15/h2-9,11-12,25H,10H2,1H3,(H,20,21,23). The largest absolute Gasteiger partial charge is 0.457 e. The number of aliphatic hydroxyl groups excluding tert-OH is 1. The van der Waals surface area contributed by atoms with Crippen LogP contribution >= 0.6 is 0 Å². The first-order valence-electron chi connectivity index (χ1n) is 8.10. The van der Waals surface area contributed by atoms with E-state index in [9.17, 15) is 0 Å². The molecule has 2 aromatic heterocycles. The van der Waals surface area contributed by atoms with Crippen LogP contribution in [0, 0.1) is 0 Å². The Balaban J connectivity index is 1.50. The number of hydrogen-bond donors (Lipinski definition) is 2. The van der Waals surface area contributed by atoms with Gasteiger partial charge in [0.05, 0.1) is 12.9 Å². The number of nitrogens with one attached hydrogen (secondary N) is 1. The summed E-state index contributed by atoms with van der Waals surface area (Å²) in [6.45, 7) is 0.0211. The second-order valence-corrected chi connectivity index (χ2v) is 5.80. The second-order valence-electron chi connectivity index (χ2n) is 5.80. The van der Waals surface area contributed by atoms with Crippen LogP contribution in [0.3, 0.4) is 0 Å². The van der Waals surface area contributed by atoms with Gasteiger partial charge in [-0.2, -0.15) is 0 Å². The molecule has 0 aliphatic carbocycles. The zero-order valence-electron chi connectivity index (χ0n) is 14.1. The molecule has 0 amide bonds. The van der Waals surface area contributed by atoms with Crippen LogP contribution in [0.4, 0.5) is 11.5 Å². The molecule has 0 atom stereocenters. The van der Waals surface area contributed by atoms with Gasteiger partial charge < -0.3 is 19.7 Å². The van der Waals surface area contributed by atoms with Crippen molar-refractivity contribution in [3.05, 3.63) is 66.7 Å². The molecular formula is C19H17N5O2. The molecule has 0 radical (unpaired) electrons. The average Bonchev–Trinajstić information content (AvgIpc) is 3.06. The maximum Gasteiger partial charge on any atom is 0.165 e. The van der Waals surface area contributed by atoms with Crippen molar-refractivity contribution in [3.8, 4) is 11.5 Å². The number of aryl methyl sites for hydroxylation is 1. The Morgan fingerprint density at radius 3 is 2.35 bits per heavy atom. The number of fused-ring (bicyclic) bond motifs is 1. The van der Waals surface area contributed by atoms with Gasteiger partial charge in [-0.05, 0) is 42.0 Å². The highest BCUT2D eigenvalue weighted by Gasteiger charge is 2.08. The smallest absolute Gasteiger partial charge is 0.165 e. The minimum absolute atomic E-state index is 0.0211. The van der Waals surface area contributed by atoms with Gasteiger partial charge in [0, 0.05) is 12.7 Å². The van der Waals surface area contributed by atoms with E-state index in [2.05, 4.69) is 20.3 Å². The SMILES string of the molecule is Cn1cnc2c(Nc3ccc(Oc4ccc(CO)cc4)cc3)ncnc21. The van der Waals surface area contributed by atoms with Crippen LogP contribution in [-0.2, 0) is 13.7 Å². The lowest BCUT2D eigenvalue weighted by Gasteiger charge is -2.09. The fraction of sp³-hybridized carbons (Fsp3) is 0.105. The molecule has 0 saturated heterocycles. The first kappa shape index (κ1) is 16.0. The molecule has 0 aliphatic rings. The molecule has 4 aromatic rings. The Morgan fingerprint density at radius 2 is 1.65 bits per heavy atom. The highest BCUT2D eigenvalue weighted by molar-refractivity contribution is 5.84. The van der Waals surface area contributed by atoms with Gasteiger partial charge in [0.1, 0.15) is 17.8 Å². The number of hydrogen-bond acceptors (Lipinski definition) is 6. The summed E-state index contributed by atoms with van der Waals surface area (Å²) in [5.74, 6) is 2.09. The van der Waals surface area contributed by atoms with Crippen LogP contribution in [-0.4, -0.2) is 24.6 Å². The third-order valence-electron chi connectivity index (χ3n) is 3.96. The fourth-order valence-electron chi connectivity index (χ4n) is 2.58. The molecular weight excluding hydrogens is 330 g/mol. The summed E-state index contributed by atoms with van der Waals surface area (Å²) >= 11 is 0. The predicted octanol–water partition coefficient (Wildman–Crippen LogP) is 3.39. The van der Waals surface area contributed by atoms with E-state index >= 15 is 0 Å². The molecule has 4 rings (SSSR count). The minimum Gasteiger partial charge on any atom is -0.457 e. The number of aliphatic hydroxyl groups is 1. The van der Waals surface area contributed by atoms with Gasteiger partial charge in [0.25, 0.3) is 0 Å². The van der Waals surface area contributed by atoms with E-state index in [4.69, 9.17) is 9.84 Å². The number of imidazole rings is 1. The van der Waals surface area contributed by atoms with Crippen molar-refractivity contribution < 1.29 is 9.84 Å². The van der Waals surface area contributed by atoms with Gasteiger partial charge in [-0.1, -0.05) is 12.1 Å². The lowest BCUT2D eigenvalue weighted by atomic mass is 10.2. The molecule has 2 heterocycles. The molecule has 2 N–H and O–H groups in total. The van der Waals surface area contributed by atoms with E-state index in [0.717, 1.165) is 28.2 Å². The second kappa shape index (κ2) is 6.81. The monoisotopic (exact) mass is 347 g/mol. The molecule has 0 unspecified atom stereocenters. The van der Waals surface area contributed by atoms with Crippen molar-refractivity contribution in [2.24, 2.45) is 7.05 Å². The van der Waals surface area contributed by atoms with Crippen molar-refractivity contribution in [3.63, 3.8) is 0 Å². The maximum atomic E-state index is 9.07. The third kappa shape index (κ3) is 3.20. The summed E-state index contributed by atoms with van der Waals surface area (Å²) in [6, 6.07) is 14.9. The van der Waals surface area contributed by atoms with Crippen LogP contribution in [0.5, 0.6) is 11.5 Å². The van der Waals surface area contributed by atoms with Crippen LogP contribution in [0.15, 0.2) is 61.2 Å². The number of anilines is 2. The van der Waals surface area contributed by atoms with E-state index in [1.54, 1.807) is 6.33 Å². The van der Waals surface area contributed by atoms with Gasteiger partial charge in [-0.15, -0.1) is 0 Å². The molecule has 130 valence electrons. The summed E-state index contributed by atoms with van der Waals surface area (Å²) in [5, 5.41) is 12.3. The van der Waals surface area contributed by atoms with Crippen molar-refractivity contribution in [2.75, 3.05) is 5.32 Å². The Morgan fingerprint density at radius 1 is 0.962 bits per heavy atom. The molecule has 0 aliphatic heterocycles. The number of ether oxygens (including phenoxy) is 1. The van der Waals surface area contributed by atoms with E-state index in [1.165, 1.54) is 6.33 Å². The number of benzene rings is 2. The van der Waals surface area contributed by atoms with E-state index in [-0.39, 0.29) is 6.61 Å². The van der Waals surface area contributed by atoms with Crippen LogP contribution in [0.1, 0.15) is 5.56 Å². The normalized spacial score (nSPS) is 10.8. The zero-order chi connectivity index (χ0) is 17.9. The molecule has 26 heavy (non-hydrogen) atoms. The zero-order valence-corrected chi connectivity index (χ0v) is 14.1. The number of aromatic nitrogens is 4. The molecule has 0 saturated carbocycles. The van der Waals surface area contributed by atoms with Crippen molar-refractivity contribution in [2.45, 2.75) is 6.61 Å². The number of rotatable bonds is 5. The molecule has 0 fully saturated rings. The lowest BCUT2D eigenvalue weighted by molar-refractivity contribution is 0.281. The van der Waals surface area contributed by atoms with Crippen LogP contribution in [0.2, 0.25) is 0 Å². The summed E-state index contributed by atoms with van der Waals surface area (Å²) in [4.78, 5) is 12.8. The van der Waals surface area contributed by atoms with Crippen molar-refractivity contribution in [1.29, 1.82) is 0 Å². The van der Waals surface area contributed by atoms with Gasteiger partial charge in [-0.3, -0.25) is 0 Å². The molecule has 7 heteroatoms. The third-order valence-corrected chi connectivity index (χ3v) is 3.96. The summed E-state index contributed by atoms with van der Waals surface area (Å²) < 4.78 is 7.65. The summed E-state index contributed by atoms with van der Waals surface area (Å²) in [5.41, 5.74) is 3.22. The summed E-state index contributed by atoms with van der Waals surface area (Å²) in [6.07, 6.45) is 3.23. The Hall–Kier alpha value is -3.45. The minimum atomic E-state index is 0.0211. The van der Waals surface area contributed by atoms with Gasteiger partial charge in [0.2, 0.25) is 0 Å². The van der Waals surface area contributed by atoms with Gasteiger partial charge >= 0.3 is 0 Å². The van der Waals surface area contributed by atoms with Crippen molar-refractivity contribution in [1.82, 2.24) is 19.5 Å². The van der Waals surface area contributed by atoms with Crippen LogP contribution < -0.4 is 10.1 Å². The Bertz CT molecular complexity index is 1030. The maximum absolute atomic E-state index is 9.07. The topological polar surface area (TPSA) is 85.1 Å².